The monoisotopic (exact) mass is 260 g/mol. The van der Waals surface area contributed by atoms with Gasteiger partial charge in [-0.25, -0.2) is 0 Å². The van der Waals surface area contributed by atoms with E-state index in [2.05, 4.69) is 31.1 Å². The second kappa shape index (κ2) is 19.3. The summed E-state index contributed by atoms with van der Waals surface area (Å²) in [5, 5.41) is 3.44. The van der Waals surface area contributed by atoms with Crippen molar-refractivity contribution in [1.82, 2.24) is 10.2 Å². The van der Waals surface area contributed by atoms with E-state index in [9.17, 15) is 0 Å². The Morgan fingerprint density at radius 1 is 1.06 bits per heavy atom. The first kappa shape index (κ1) is 23.0. The number of likely N-dealkylation sites (tertiary alicyclic amines) is 1. The lowest BCUT2D eigenvalue weighted by atomic mass is 9.87. The van der Waals surface area contributed by atoms with Crippen molar-refractivity contribution in [1.29, 1.82) is 0 Å². The number of nitrogens with zero attached hydrogens (tertiary/aromatic N) is 1. The molecule has 0 bridgehead atoms. The fourth-order valence-corrected chi connectivity index (χ4v) is 1.93. The molecule has 0 aliphatic carbocycles. The Balaban J connectivity index is -0.000000328. The summed E-state index contributed by atoms with van der Waals surface area (Å²) < 4.78 is 0. The predicted molar refractivity (Wildman–Crippen MR) is 87.4 cm³/mol. The van der Waals surface area contributed by atoms with Gasteiger partial charge in [0.05, 0.1) is 0 Å². The molecule has 0 aromatic rings. The summed E-state index contributed by atoms with van der Waals surface area (Å²) in [6.45, 7) is 21.4. The molecule has 18 heavy (non-hydrogen) atoms. The van der Waals surface area contributed by atoms with Gasteiger partial charge in [0.2, 0.25) is 0 Å². The van der Waals surface area contributed by atoms with Gasteiger partial charge in [-0.15, -0.1) is 0 Å². The summed E-state index contributed by atoms with van der Waals surface area (Å²) in [6.07, 6.45) is 1.37. The van der Waals surface area contributed by atoms with Gasteiger partial charge in [0, 0.05) is 6.54 Å². The van der Waals surface area contributed by atoms with Crippen LogP contribution in [0, 0.1) is 11.8 Å². The summed E-state index contributed by atoms with van der Waals surface area (Å²) in [4.78, 5) is 2.45. The molecule has 0 spiro atoms. The van der Waals surface area contributed by atoms with Gasteiger partial charge in [-0.1, -0.05) is 55.4 Å². The van der Waals surface area contributed by atoms with Gasteiger partial charge in [0.25, 0.3) is 0 Å². The first-order valence-electron chi connectivity index (χ1n) is 8.13. The van der Waals surface area contributed by atoms with Crippen molar-refractivity contribution < 1.29 is 0 Å². The zero-order valence-electron chi connectivity index (χ0n) is 14.6. The Bertz CT molecular complexity index is 126. The van der Waals surface area contributed by atoms with E-state index < -0.39 is 0 Å². The van der Waals surface area contributed by atoms with Crippen LogP contribution in [0.15, 0.2) is 0 Å². The molecule has 114 valence electrons. The van der Waals surface area contributed by atoms with Crippen molar-refractivity contribution in [2.24, 2.45) is 11.8 Å². The predicted octanol–water partition coefficient (Wildman–Crippen LogP) is 4.26. The van der Waals surface area contributed by atoms with Gasteiger partial charge >= 0.3 is 0 Å². The standard InChI is InChI=1S/C10H22N2.3C2H6/c1-4-11-7-10-8-12(3)6-5-9(10)2;3*1-2/h9-11H,4-8H2,1-3H3;3*1-2H3. The Kier molecular flexibility index (Phi) is 24.7. The van der Waals surface area contributed by atoms with E-state index >= 15 is 0 Å². The molecule has 2 heteroatoms. The van der Waals surface area contributed by atoms with Crippen LogP contribution in [-0.2, 0) is 0 Å². The molecule has 1 aliphatic heterocycles. The van der Waals surface area contributed by atoms with Crippen molar-refractivity contribution in [3.8, 4) is 0 Å². The maximum Gasteiger partial charge on any atom is 0.00213 e. The van der Waals surface area contributed by atoms with E-state index in [1.54, 1.807) is 0 Å². The van der Waals surface area contributed by atoms with Crippen molar-refractivity contribution >= 4 is 0 Å². The summed E-state index contributed by atoms with van der Waals surface area (Å²) in [5.74, 6) is 1.77. The van der Waals surface area contributed by atoms with Crippen LogP contribution in [0.1, 0.15) is 61.8 Å². The van der Waals surface area contributed by atoms with Crippen LogP contribution in [0.4, 0.5) is 0 Å². The fraction of sp³-hybridized carbons (Fsp3) is 1.00. The molecular weight excluding hydrogens is 220 g/mol. The zero-order valence-corrected chi connectivity index (χ0v) is 14.6. The first-order valence-corrected chi connectivity index (χ1v) is 8.13. The van der Waals surface area contributed by atoms with Gasteiger partial charge < -0.3 is 10.2 Å². The van der Waals surface area contributed by atoms with E-state index in [4.69, 9.17) is 0 Å². The van der Waals surface area contributed by atoms with E-state index in [0.717, 1.165) is 18.4 Å². The van der Waals surface area contributed by atoms with Crippen LogP contribution < -0.4 is 5.32 Å². The number of hydrogen-bond acceptors (Lipinski definition) is 2. The molecule has 0 saturated carbocycles. The molecule has 1 heterocycles. The molecule has 1 rings (SSSR count). The van der Waals surface area contributed by atoms with Gasteiger partial charge in [-0.2, -0.15) is 0 Å². The smallest absolute Gasteiger partial charge is 0.00213 e. The highest BCUT2D eigenvalue weighted by molar-refractivity contribution is 4.77. The second-order valence-corrected chi connectivity index (χ2v) is 4.10. The Morgan fingerprint density at radius 2 is 1.56 bits per heavy atom. The molecule has 0 radical (unpaired) electrons. The third kappa shape index (κ3) is 12.4. The minimum Gasteiger partial charge on any atom is -0.317 e. The van der Waals surface area contributed by atoms with Crippen LogP contribution in [0.5, 0.6) is 0 Å². The Hall–Kier alpha value is -0.0800. The Morgan fingerprint density at radius 3 is 2.00 bits per heavy atom. The maximum atomic E-state index is 3.44. The summed E-state index contributed by atoms with van der Waals surface area (Å²) in [5.41, 5.74) is 0. The quantitative estimate of drug-likeness (QED) is 0.815. The highest BCUT2D eigenvalue weighted by atomic mass is 15.1. The lowest BCUT2D eigenvalue weighted by molar-refractivity contribution is 0.152. The van der Waals surface area contributed by atoms with Crippen LogP contribution in [0.3, 0.4) is 0 Å². The molecule has 0 aromatic carbocycles. The maximum absolute atomic E-state index is 3.44. The SMILES string of the molecule is CC.CC.CC.CCNCC1CN(C)CCC1C. The zero-order chi connectivity index (χ0) is 15.0. The van der Waals surface area contributed by atoms with E-state index in [-0.39, 0.29) is 0 Å². The molecule has 2 nitrogen and oxygen atoms in total. The van der Waals surface area contributed by atoms with Gasteiger partial charge in [-0.05, 0) is 44.9 Å². The lowest BCUT2D eigenvalue weighted by Gasteiger charge is -2.35. The molecule has 1 saturated heterocycles. The normalized spacial score (nSPS) is 22.5. The summed E-state index contributed by atoms with van der Waals surface area (Å²) in [7, 11) is 2.23. The van der Waals surface area contributed by atoms with E-state index in [1.807, 2.05) is 41.5 Å². The van der Waals surface area contributed by atoms with Crippen LogP contribution in [0.2, 0.25) is 0 Å². The van der Waals surface area contributed by atoms with Crippen LogP contribution in [-0.4, -0.2) is 38.1 Å². The molecule has 2 atom stereocenters. The summed E-state index contributed by atoms with van der Waals surface area (Å²) >= 11 is 0. The Labute approximate surface area is 118 Å². The van der Waals surface area contributed by atoms with Gasteiger partial charge in [0.1, 0.15) is 0 Å². The molecular formula is C16H40N2. The van der Waals surface area contributed by atoms with E-state index in [0.29, 0.717) is 0 Å². The number of hydrogen-bond donors (Lipinski definition) is 1. The van der Waals surface area contributed by atoms with Crippen molar-refractivity contribution in [3.63, 3.8) is 0 Å². The molecule has 1 aliphatic rings. The first-order chi connectivity index (χ1) is 8.74. The largest absolute Gasteiger partial charge is 0.317 e. The molecule has 1 fully saturated rings. The molecule has 2 unspecified atom stereocenters. The summed E-state index contributed by atoms with van der Waals surface area (Å²) in [6, 6.07) is 0. The minimum atomic E-state index is 0.865. The number of rotatable bonds is 3. The third-order valence-corrected chi connectivity index (χ3v) is 2.97. The van der Waals surface area contributed by atoms with Crippen LogP contribution in [0.25, 0.3) is 0 Å². The van der Waals surface area contributed by atoms with Gasteiger partial charge in [-0.3, -0.25) is 0 Å². The number of piperidine rings is 1. The van der Waals surface area contributed by atoms with Crippen LogP contribution >= 0.6 is 0 Å². The highest BCUT2D eigenvalue weighted by Crippen LogP contribution is 2.21. The minimum absolute atomic E-state index is 0.865. The highest BCUT2D eigenvalue weighted by Gasteiger charge is 2.23. The van der Waals surface area contributed by atoms with Crippen molar-refractivity contribution in [2.75, 3.05) is 33.2 Å². The van der Waals surface area contributed by atoms with Gasteiger partial charge in [0.15, 0.2) is 0 Å². The van der Waals surface area contributed by atoms with Crippen molar-refractivity contribution in [2.45, 2.75) is 61.8 Å². The second-order valence-electron chi connectivity index (χ2n) is 4.10. The number of nitrogens with one attached hydrogen (secondary N) is 1. The molecule has 0 amide bonds. The average molecular weight is 261 g/mol. The average Bonchev–Trinajstić information content (AvgIpc) is 2.46. The fourth-order valence-electron chi connectivity index (χ4n) is 1.93. The third-order valence-electron chi connectivity index (χ3n) is 2.97. The van der Waals surface area contributed by atoms with Crippen molar-refractivity contribution in [3.05, 3.63) is 0 Å². The topological polar surface area (TPSA) is 15.3 Å². The van der Waals surface area contributed by atoms with E-state index in [1.165, 1.54) is 26.1 Å². The lowest BCUT2D eigenvalue weighted by Crippen LogP contribution is -2.41. The molecule has 1 N–H and O–H groups in total. The molecule has 0 aromatic heterocycles.